The van der Waals surface area contributed by atoms with Crippen molar-refractivity contribution in [2.75, 3.05) is 13.7 Å². The molecule has 0 aliphatic carbocycles. The summed E-state index contributed by atoms with van der Waals surface area (Å²) in [5, 5.41) is 9.20. The summed E-state index contributed by atoms with van der Waals surface area (Å²) in [6.07, 6.45) is 0.696. The SMILES string of the molecule is CCc1nnc(CSc2nc3ccccc3c(=O)n2C(C)COC)o1. The van der Waals surface area contributed by atoms with Gasteiger partial charge in [-0.3, -0.25) is 9.36 Å². The van der Waals surface area contributed by atoms with E-state index in [4.69, 9.17) is 9.15 Å². The summed E-state index contributed by atoms with van der Waals surface area (Å²) < 4.78 is 12.4. The maximum atomic E-state index is 12.9. The van der Waals surface area contributed by atoms with Gasteiger partial charge in [-0.2, -0.15) is 0 Å². The molecule has 0 aliphatic heterocycles. The first-order chi connectivity index (χ1) is 12.1. The first kappa shape index (κ1) is 17.6. The summed E-state index contributed by atoms with van der Waals surface area (Å²) in [7, 11) is 1.62. The highest BCUT2D eigenvalue weighted by molar-refractivity contribution is 7.98. The standard InChI is InChI=1S/C17H20N4O3S/c1-4-14-19-20-15(24-14)10-25-17-18-13-8-6-5-7-12(13)16(22)21(17)11(2)9-23-3/h5-8,11H,4,9-10H2,1-3H3. The van der Waals surface area contributed by atoms with Crippen LogP contribution in [0.4, 0.5) is 0 Å². The van der Waals surface area contributed by atoms with Gasteiger partial charge in [-0.1, -0.05) is 30.8 Å². The van der Waals surface area contributed by atoms with Crippen molar-refractivity contribution in [3.63, 3.8) is 0 Å². The second kappa shape index (κ2) is 7.79. The number of rotatable bonds is 7. The van der Waals surface area contributed by atoms with Crippen LogP contribution in [0.25, 0.3) is 10.9 Å². The molecule has 1 unspecified atom stereocenters. The number of ether oxygens (including phenoxy) is 1. The van der Waals surface area contributed by atoms with Crippen LogP contribution in [0.2, 0.25) is 0 Å². The molecule has 0 amide bonds. The summed E-state index contributed by atoms with van der Waals surface area (Å²) >= 11 is 1.41. The Morgan fingerprint density at radius 2 is 2.04 bits per heavy atom. The molecule has 3 aromatic rings. The lowest BCUT2D eigenvalue weighted by Gasteiger charge is -2.18. The molecule has 2 heterocycles. The maximum Gasteiger partial charge on any atom is 0.262 e. The molecule has 0 N–H and O–H groups in total. The van der Waals surface area contributed by atoms with Crippen molar-refractivity contribution in [1.29, 1.82) is 0 Å². The van der Waals surface area contributed by atoms with Gasteiger partial charge in [0, 0.05) is 13.5 Å². The van der Waals surface area contributed by atoms with Crippen molar-refractivity contribution in [3.05, 3.63) is 46.4 Å². The molecule has 7 nitrogen and oxygen atoms in total. The summed E-state index contributed by atoms with van der Waals surface area (Å²) in [4.78, 5) is 17.6. The smallest absolute Gasteiger partial charge is 0.262 e. The Labute approximate surface area is 149 Å². The van der Waals surface area contributed by atoms with Gasteiger partial charge in [0.1, 0.15) is 0 Å². The second-order valence-electron chi connectivity index (χ2n) is 5.62. The third kappa shape index (κ3) is 3.74. The fourth-order valence-corrected chi connectivity index (χ4v) is 3.48. The van der Waals surface area contributed by atoms with Crippen LogP contribution in [0.5, 0.6) is 0 Å². The molecule has 1 aromatic carbocycles. The third-order valence-corrected chi connectivity index (χ3v) is 4.70. The highest BCUT2D eigenvalue weighted by atomic mass is 32.2. The minimum atomic E-state index is -0.133. The fourth-order valence-electron chi connectivity index (χ4n) is 2.55. The van der Waals surface area contributed by atoms with Crippen LogP contribution in [-0.4, -0.2) is 33.5 Å². The Hall–Kier alpha value is -2.19. The van der Waals surface area contributed by atoms with Gasteiger partial charge in [-0.05, 0) is 19.1 Å². The molecule has 1 atom stereocenters. The lowest BCUT2D eigenvalue weighted by Crippen LogP contribution is -2.28. The maximum absolute atomic E-state index is 12.9. The lowest BCUT2D eigenvalue weighted by molar-refractivity contribution is 0.156. The minimum Gasteiger partial charge on any atom is -0.424 e. The number of benzene rings is 1. The van der Waals surface area contributed by atoms with Crippen LogP contribution in [-0.2, 0) is 16.9 Å². The topological polar surface area (TPSA) is 83.0 Å². The second-order valence-corrected chi connectivity index (χ2v) is 6.57. The number of thioether (sulfide) groups is 1. The first-order valence-electron chi connectivity index (χ1n) is 8.08. The molecule has 25 heavy (non-hydrogen) atoms. The molecular weight excluding hydrogens is 340 g/mol. The zero-order valence-corrected chi connectivity index (χ0v) is 15.2. The molecule has 0 saturated heterocycles. The molecule has 0 spiro atoms. The predicted molar refractivity (Wildman–Crippen MR) is 95.8 cm³/mol. The predicted octanol–water partition coefficient (Wildman–Crippen LogP) is 2.84. The van der Waals surface area contributed by atoms with E-state index in [1.165, 1.54) is 11.8 Å². The third-order valence-electron chi connectivity index (χ3n) is 3.76. The van der Waals surface area contributed by atoms with E-state index in [0.29, 0.717) is 46.6 Å². The Balaban J connectivity index is 1.99. The summed E-state index contributed by atoms with van der Waals surface area (Å²) in [5.41, 5.74) is 0.605. The van der Waals surface area contributed by atoms with Gasteiger partial charge in [-0.25, -0.2) is 4.98 Å². The molecular formula is C17H20N4O3S. The van der Waals surface area contributed by atoms with E-state index in [2.05, 4.69) is 15.2 Å². The van der Waals surface area contributed by atoms with Gasteiger partial charge < -0.3 is 9.15 Å². The number of para-hydroxylation sites is 1. The van der Waals surface area contributed by atoms with Crippen LogP contribution in [0.15, 0.2) is 38.6 Å². The number of aryl methyl sites for hydroxylation is 1. The quantitative estimate of drug-likeness (QED) is 0.473. The van der Waals surface area contributed by atoms with Crippen molar-refractivity contribution >= 4 is 22.7 Å². The van der Waals surface area contributed by atoms with E-state index < -0.39 is 0 Å². The summed E-state index contributed by atoms with van der Waals surface area (Å²) in [6, 6.07) is 7.21. The molecule has 3 rings (SSSR count). The molecule has 0 radical (unpaired) electrons. The largest absolute Gasteiger partial charge is 0.424 e. The summed E-state index contributed by atoms with van der Waals surface area (Å²) in [5.74, 6) is 1.58. The Morgan fingerprint density at radius 3 is 2.76 bits per heavy atom. The lowest BCUT2D eigenvalue weighted by atomic mass is 10.2. The van der Waals surface area contributed by atoms with E-state index >= 15 is 0 Å². The van der Waals surface area contributed by atoms with E-state index in [-0.39, 0.29) is 11.6 Å². The highest BCUT2D eigenvalue weighted by Crippen LogP contribution is 2.24. The number of methoxy groups -OCH3 is 1. The van der Waals surface area contributed by atoms with Gasteiger partial charge in [0.2, 0.25) is 11.8 Å². The highest BCUT2D eigenvalue weighted by Gasteiger charge is 2.17. The number of fused-ring (bicyclic) bond motifs is 1. The van der Waals surface area contributed by atoms with Crippen LogP contribution in [0.3, 0.4) is 0 Å². The van der Waals surface area contributed by atoms with Gasteiger partial charge in [0.15, 0.2) is 5.16 Å². The first-order valence-corrected chi connectivity index (χ1v) is 9.06. The van der Waals surface area contributed by atoms with Crippen molar-refractivity contribution in [2.45, 2.75) is 37.2 Å². The van der Waals surface area contributed by atoms with Crippen molar-refractivity contribution in [3.8, 4) is 0 Å². The summed E-state index contributed by atoms with van der Waals surface area (Å²) in [6.45, 7) is 4.32. The van der Waals surface area contributed by atoms with Crippen LogP contribution in [0.1, 0.15) is 31.7 Å². The van der Waals surface area contributed by atoms with E-state index in [0.717, 1.165) is 0 Å². The van der Waals surface area contributed by atoms with E-state index in [9.17, 15) is 4.79 Å². The molecule has 0 saturated carbocycles. The number of hydrogen-bond acceptors (Lipinski definition) is 7. The normalized spacial score (nSPS) is 12.6. The van der Waals surface area contributed by atoms with Gasteiger partial charge in [-0.15, -0.1) is 10.2 Å². The number of hydrogen-bond donors (Lipinski definition) is 0. The number of nitrogens with zero attached hydrogens (tertiary/aromatic N) is 4. The molecule has 0 aliphatic rings. The van der Waals surface area contributed by atoms with E-state index in [1.54, 1.807) is 17.7 Å². The average Bonchev–Trinajstić information content (AvgIpc) is 3.08. The number of aromatic nitrogens is 4. The average molecular weight is 360 g/mol. The molecule has 2 aromatic heterocycles. The van der Waals surface area contributed by atoms with Gasteiger partial charge >= 0.3 is 0 Å². The van der Waals surface area contributed by atoms with Crippen LogP contribution >= 0.6 is 11.8 Å². The molecule has 0 fully saturated rings. The molecule has 0 bridgehead atoms. The van der Waals surface area contributed by atoms with Crippen molar-refractivity contribution < 1.29 is 9.15 Å². The molecule has 8 heteroatoms. The Morgan fingerprint density at radius 1 is 1.28 bits per heavy atom. The molecule has 132 valence electrons. The zero-order chi connectivity index (χ0) is 17.8. The fraction of sp³-hybridized carbons (Fsp3) is 0.412. The van der Waals surface area contributed by atoms with Crippen molar-refractivity contribution in [2.24, 2.45) is 0 Å². The van der Waals surface area contributed by atoms with Crippen LogP contribution < -0.4 is 5.56 Å². The minimum absolute atomic E-state index is 0.0718. The monoisotopic (exact) mass is 360 g/mol. The zero-order valence-electron chi connectivity index (χ0n) is 14.4. The van der Waals surface area contributed by atoms with Crippen LogP contribution in [0, 0.1) is 0 Å². The van der Waals surface area contributed by atoms with Gasteiger partial charge in [0.25, 0.3) is 5.56 Å². The van der Waals surface area contributed by atoms with Gasteiger partial charge in [0.05, 0.1) is 29.3 Å². The van der Waals surface area contributed by atoms with Crippen molar-refractivity contribution in [1.82, 2.24) is 19.7 Å². The Bertz CT molecular complexity index is 922. The van der Waals surface area contributed by atoms with E-state index in [1.807, 2.05) is 32.0 Å². The Kier molecular flexibility index (Phi) is 5.50.